The van der Waals surface area contributed by atoms with Crippen LogP contribution in [0.3, 0.4) is 0 Å². The molecule has 92 valence electrons. The summed E-state index contributed by atoms with van der Waals surface area (Å²) in [7, 11) is 0. The SMILES string of the molecule is Cc1nccc(CNCC=Cc2ccccc2)n1. The van der Waals surface area contributed by atoms with Crippen molar-refractivity contribution in [3.8, 4) is 0 Å². The van der Waals surface area contributed by atoms with Gasteiger partial charge in [-0.25, -0.2) is 9.97 Å². The molecule has 18 heavy (non-hydrogen) atoms. The van der Waals surface area contributed by atoms with Gasteiger partial charge >= 0.3 is 0 Å². The predicted octanol–water partition coefficient (Wildman–Crippen LogP) is 2.59. The van der Waals surface area contributed by atoms with Gasteiger partial charge in [0.2, 0.25) is 0 Å². The maximum atomic E-state index is 4.33. The molecule has 3 nitrogen and oxygen atoms in total. The first-order valence-corrected chi connectivity index (χ1v) is 6.05. The van der Waals surface area contributed by atoms with Crippen LogP contribution in [0.5, 0.6) is 0 Å². The molecule has 0 fully saturated rings. The van der Waals surface area contributed by atoms with Crippen LogP contribution < -0.4 is 5.32 Å². The van der Waals surface area contributed by atoms with E-state index in [0.717, 1.165) is 24.6 Å². The molecule has 0 aliphatic heterocycles. The molecule has 0 spiro atoms. The summed E-state index contributed by atoms with van der Waals surface area (Å²) in [5, 5.41) is 3.32. The molecule has 0 aliphatic rings. The van der Waals surface area contributed by atoms with Crippen molar-refractivity contribution in [2.75, 3.05) is 6.54 Å². The van der Waals surface area contributed by atoms with Gasteiger partial charge in [-0.2, -0.15) is 0 Å². The smallest absolute Gasteiger partial charge is 0.125 e. The molecule has 0 saturated heterocycles. The van der Waals surface area contributed by atoms with Crippen molar-refractivity contribution in [1.82, 2.24) is 15.3 Å². The van der Waals surface area contributed by atoms with Crippen molar-refractivity contribution >= 4 is 6.08 Å². The predicted molar refractivity (Wildman–Crippen MR) is 74.0 cm³/mol. The Morgan fingerprint density at radius 3 is 2.78 bits per heavy atom. The Morgan fingerprint density at radius 1 is 1.17 bits per heavy atom. The van der Waals surface area contributed by atoms with Crippen molar-refractivity contribution in [3.63, 3.8) is 0 Å². The molecule has 2 rings (SSSR count). The number of rotatable bonds is 5. The number of nitrogens with zero attached hydrogens (tertiary/aromatic N) is 2. The van der Waals surface area contributed by atoms with Gasteiger partial charge in [0.15, 0.2) is 0 Å². The van der Waals surface area contributed by atoms with Crippen molar-refractivity contribution in [2.45, 2.75) is 13.5 Å². The summed E-state index contributed by atoms with van der Waals surface area (Å²) >= 11 is 0. The highest BCUT2D eigenvalue weighted by molar-refractivity contribution is 5.48. The number of nitrogens with one attached hydrogen (secondary N) is 1. The quantitative estimate of drug-likeness (QED) is 0.815. The van der Waals surface area contributed by atoms with Crippen LogP contribution in [0.2, 0.25) is 0 Å². The van der Waals surface area contributed by atoms with Gasteiger partial charge < -0.3 is 5.32 Å². The van der Waals surface area contributed by atoms with Crippen LogP contribution in [-0.2, 0) is 6.54 Å². The van der Waals surface area contributed by atoms with Crippen molar-refractivity contribution in [3.05, 3.63) is 65.8 Å². The average Bonchev–Trinajstić information content (AvgIpc) is 2.40. The zero-order valence-corrected chi connectivity index (χ0v) is 10.5. The fourth-order valence-corrected chi connectivity index (χ4v) is 1.65. The Bertz CT molecular complexity index is 506. The molecule has 0 saturated carbocycles. The molecule has 1 heterocycles. The standard InChI is InChI=1S/C15H17N3/c1-13-17-11-9-15(18-13)12-16-10-5-8-14-6-3-2-4-7-14/h2-9,11,16H,10,12H2,1H3. The van der Waals surface area contributed by atoms with E-state index in [1.54, 1.807) is 6.20 Å². The Kier molecular flexibility index (Phi) is 4.61. The molecule has 2 aromatic rings. The fourth-order valence-electron chi connectivity index (χ4n) is 1.65. The normalized spacial score (nSPS) is 10.9. The van der Waals surface area contributed by atoms with E-state index in [0.29, 0.717) is 0 Å². The van der Waals surface area contributed by atoms with E-state index in [1.165, 1.54) is 5.56 Å². The third-order valence-electron chi connectivity index (χ3n) is 2.51. The molecular formula is C15H17N3. The van der Waals surface area contributed by atoms with Gasteiger partial charge in [-0.1, -0.05) is 42.5 Å². The van der Waals surface area contributed by atoms with E-state index in [4.69, 9.17) is 0 Å². The van der Waals surface area contributed by atoms with Crippen LogP contribution in [0.25, 0.3) is 6.08 Å². The van der Waals surface area contributed by atoms with Crippen molar-refractivity contribution < 1.29 is 0 Å². The van der Waals surface area contributed by atoms with Crippen LogP contribution in [0.15, 0.2) is 48.7 Å². The average molecular weight is 239 g/mol. The van der Waals surface area contributed by atoms with Crippen LogP contribution in [-0.4, -0.2) is 16.5 Å². The fraction of sp³-hybridized carbons (Fsp3) is 0.200. The van der Waals surface area contributed by atoms with E-state index in [2.05, 4.69) is 39.6 Å². The minimum Gasteiger partial charge on any atom is -0.308 e. The molecule has 0 amide bonds. The van der Waals surface area contributed by atoms with Crippen LogP contribution in [0, 0.1) is 6.92 Å². The Balaban J connectivity index is 1.75. The third-order valence-corrected chi connectivity index (χ3v) is 2.51. The van der Waals surface area contributed by atoms with Gasteiger partial charge in [0.25, 0.3) is 0 Å². The first kappa shape index (κ1) is 12.5. The van der Waals surface area contributed by atoms with Gasteiger partial charge in [0, 0.05) is 19.3 Å². The zero-order valence-electron chi connectivity index (χ0n) is 10.5. The summed E-state index contributed by atoms with van der Waals surface area (Å²) in [5.74, 6) is 0.814. The minimum absolute atomic E-state index is 0.766. The highest BCUT2D eigenvalue weighted by Gasteiger charge is 1.93. The highest BCUT2D eigenvalue weighted by atomic mass is 14.9. The first-order chi connectivity index (χ1) is 8.84. The summed E-state index contributed by atoms with van der Waals surface area (Å²) in [6.07, 6.45) is 6.01. The van der Waals surface area contributed by atoms with E-state index < -0.39 is 0 Å². The van der Waals surface area contributed by atoms with E-state index in [-0.39, 0.29) is 0 Å². The number of hydrogen-bond acceptors (Lipinski definition) is 3. The molecule has 1 N–H and O–H groups in total. The highest BCUT2D eigenvalue weighted by Crippen LogP contribution is 2.00. The van der Waals surface area contributed by atoms with Crippen molar-refractivity contribution in [2.24, 2.45) is 0 Å². The van der Waals surface area contributed by atoms with Gasteiger partial charge in [0.1, 0.15) is 5.82 Å². The maximum absolute atomic E-state index is 4.33. The summed E-state index contributed by atoms with van der Waals surface area (Å²) < 4.78 is 0. The summed E-state index contributed by atoms with van der Waals surface area (Å²) in [5.41, 5.74) is 2.24. The lowest BCUT2D eigenvalue weighted by molar-refractivity contribution is 0.733. The Labute approximate surface area is 108 Å². The lowest BCUT2D eigenvalue weighted by Gasteiger charge is -2.01. The summed E-state index contributed by atoms with van der Waals surface area (Å²) in [4.78, 5) is 8.40. The van der Waals surface area contributed by atoms with Gasteiger partial charge in [-0.05, 0) is 18.6 Å². The number of aryl methyl sites for hydroxylation is 1. The lowest BCUT2D eigenvalue weighted by atomic mass is 10.2. The van der Waals surface area contributed by atoms with Gasteiger partial charge in [-0.3, -0.25) is 0 Å². The molecule has 1 aromatic carbocycles. The second-order valence-corrected chi connectivity index (χ2v) is 4.04. The summed E-state index contributed by atoms with van der Waals surface area (Å²) in [6.45, 7) is 3.50. The number of benzene rings is 1. The zero-order chi connectivity index (χ0) is 12.6. The molecular weight excluding hydrogens is 222 g/mol. The molecule has 0 bridgehead atoms. The first-order valence-electron chi connectivity index (χ1n) is 6.05. The minimum atomic E-state index is 0.766. The number of aromatic nitrogens is 2. The Hall–Kier alpha value is -2.00. The molecule has 0 unspecified atom stereocenters. The summed E-state index contributed by atoms with van der Waals surface area (Å²) in [6, 6.07) is 12.2. The van der Waals surface area contributed by atoms with Crippen LogP contribution in [0.4, 0.5) is 0 Å². The molecule has 0 radical (unpaired) electrons. The van der Waals surface area contributed by atoms with Gasteiger partial charge in [-0.15, -0.1) is 0 Å². The van der Waals surface area contributed by atoms with Gasteiger partial charge in [0.05, 0.1) is 5.69 Å². The Morgan fingerprint density at radius 2 is 2.00 bits per heavy atom. The van der Waals surface area contributed by atoms with E-state index >= 15 is 0 Å². The number of hydrogen-bond donors (Lipinski definition) is 1. The second kappa shape index (κ2) is 6.67. The van der Waals surface area contributed by atoms with Crippen molar-refractivity contribution in [1.29, 1.82) is 0 Å². The maximum Gasteiger partial charge on any atom is 0.125 e. The van der Waals surface area contributed by atoms with E-state index in [1.807, 2.05) is 31.2 Å². The molecule has 1 aromatic heterocycles. The largest absolute Gasteiger partial charge is 0.308 e. The molecule has 3 heteroatoms. The molecule has 0 atom stereocenters. The van der Waals surface area contributed by atoms with Crippen LogP contribution >= 0.6 is 0 Å². The lowest BCUT2D eigenvalue weighted by Crippen LogP contribution is -2.14. The third kappa shape index (κ3) is 4.11. The van der Waals surface area contributed by atoms with E-state index in [9.17, 15) is 0 Å². The molecule has 0 aliphatic carbocycles. The second-order valence-electron chi connectivity index (χ2n) is 4.04. The van der Waals surface area contributed by atoms with Crippen LogP contribution in [0.1, 0.15) is 17.1 Å². The topological polar surface area (TPSA) is 37.8 Å². The monoisotopic (exact) mass is 239 g/mol.